The maximum Gasteiger partial charge on any atom is 0.241 e. The first-order valence-electron chi connectivity index (χ1n) is 9.24. The SMILES string of the molecule is CCCC[C@@H](C[C@H](O)COCCC)C(=O)NNC(=S)Nc1ccccc1. The van der Waals surface area contributed by atoms with Crippen molar-refractivity contribution in [1.29, 1.82) is 0 Å². The van der Waals surface area contributed by atoms with Crippen LogP contribution >= 0.6 is 12.2 Å². The zero-order valence-electron chi connectivity index (χ0n) is 15.7. The molecule has 0 fully saturated rings. The van der Waals surface area contributed by atoms with Crippen LogP contribution in [0.5, 0.6) is 0 Å². The van der Waals surface area contributed by atoms with Crippen molar-refractivity contribution in [2.24, 2.45) is 5.92 Å². The van der Waals surface area contributed by atoms with E-state index in [9.17, 15) is 9.90 Å². The molecule has 1 aromatic rings. The lowest BCUT2D eigenvalue weighted by Crippen LogP contribution is -2.46. The Labute approximate surface area is 161 Å². The molecule has 0 heterocycles. The third kappa shape index (κ3) is 9.70. The molecule has 4 N–H and O–H groups in total. The molecule has 146 valence electrons. The van der Waals surface area contributed by atoms with Gasteiger partial charge in [-0.15, -0.1) is 0 Å². The maximum absolute atomic E-state index is 12.5. The Hall–Kier alpha value is -1.70. The van der Waals surface area contributed by atoms with Crippen molar-refractivity contribution < 1.29 is 14.6 Å². The van der Waals surface area contributed by atoms with Gasteiger partial charge in [-0.3, -0.25) is 15.6 Å². The second kappa shape index (κ2) is 13.5. The van der Waals surface area contributed by atoms with E-state index in [4.69, 9.17) is 17.0 Å². The molecule has 26 heavy (non-hydrogen) atoms. The number of rotatable bonds is 11. The van der Waals surface area contributed by atoms with Crippen molar-refractivity contribution in [2.75, 3.05) is 18.5 Å². The summed E-state index contributed by atoms with van der Waals surface area (Å²) in [6, 6.07) is 9.47. The predicted molar refractivity (Wildman–Crippen MR) is 109 cm³/mol. The Morgan fingerprint density at radius 3 is 2.58 bits per heavy atom. The van der Waals surface area contributed by atoms with Crippen molar-refractivity contribution in [3.63, 3.8) is 0 Å². The smallest absolute Gasteiger partial charge is 0.241 e. The second-order valence-electron chi connectivity index (χ2n) is 6.24. The molecule has 2 atom stereocenters. The number of para-hydroxylation sites is 1. The third-order valence-electron chi connectivity index (χ3n) is 3.82. The van der Waals surface area contributed by atoms with E-state index in [1.54, 1.807) is 0 Å². The number of aliphatic hydroxyl groups excluding tert-OH is 1. The van der Waals surface area contributed by atoms with E-state index in [1.807, 2.05) is 37.3 Å². The standard InChI is InChI=1S/C19H31N3O3S/c1-3-5-9-15(13-17(23)14-25-12-4-2)18(24)21-22-19(26)20-16-10-7-6-8-11-16/h6-8,10-11,15,17,23H,3-5,9,12-14H2,1-2H3,(H,21,24)(H2,20,22,26)/t15-,17-/m0/s1. The van der Waals surface area contributed by atoms with Crippen LogP contribution in [0.25, 0.3) is 0 Å². The number of aliphatic hydroxyl groups is 1. The lowest BCUT2D eigenvalue weighted by Gasteiger charge is -2.20. The molecular weight excluding hydrogens is 350 g/mol. The van der Waals surface area contributed by atoms with Crippen molar-refractivity contribution in [1.82, 2.24) is 10.9 Å². The first kappa shape index (κ1) is 22.3. The number of benzene rings is 1. The second-order valence-corrected chi connectivity index (χ2v) is 6.65. The highest BCUT2D eigenvalue weighted by atomic mass is 32.1. The molecule has 6 nitrogen and oxygen atoms in total. The van der Waals surface area contributed by atoms with Gasteiger partial charge in [0.05, 0.1) is 12.7 Å². The Kier molecular flexibility index (Phi) is 11.6. The number of hydrazine groups is 1. The number of amides is 1. The summed E-state index contributed by atoms with van der Waals surface area (Å²) in [5, 5.41) is 13.4. The van der Waals surface area contributed by atoms with Crippen molar-refractivity contribution in [2.45, 2.75) is 52.1 Å². The van der Waals surface area contributed by atoms with Gasteiger partial charge in [0.2, 0.25) is 5.91 Å². The molecule has 0 aliphatic carbocycles. The van der Waals surface area contributed by atoms with Gasteiger partial charge < -0.3 is 15.2 Å². The molecule has 0 saturated carbocycles. The normalized spacial score (nSPS) is 12.9. The van der Waals surface area contributed by atoms with Gasteiger partial charge in [-0.1, -0.05) is 44.9 Å². The van der Waals surface area contributed by atoms with E-state index >= 15 is 0 Å². The minimum absolute atomic E-state index is 0.176. The van der Waals surface area contributed by atoms with Crippen LogP contribution in [0, 0.1) is 5.92 Å². The van der Waals surface area contributed by atoms with Crippen LogP contribution < -0.4 is 16.2 Å². The van der Waals surface area contributed by atoms with Crippen LogP contribution in [0.2, 0.25) is 0 Å². The van der Waals surface area contributed by atoms with E-state index in [2.05, 4.69) is 23.1 Å². The highest BCUT2D eigenvalue weighted by Crippen LogP contribution is 2.16. The zero-order valence-corrected chi connectivity index (χ0v) is 16.5. The van der Waals surface area contributed by atoms with E-state index in [0.717, 1.165) is 24.9 Å². The number of carbonyl (C=O) groups is 1. The topological polar surface area (TPSA) is 82.6 Å². The van der Waals surface area contributed by atoms with E-state index in [0.29, 0.717) is 24.6 Å². The van der Waals surface area contributed by atoms with Gasteiger partial charge in [0, 0.05) is 18.2 Å². The molecule has 1 rings (SSSR count). The Morgan fingerprint density at radius 1 is 1.19 bits per heavy atom. The summed E-state index contributed by atoms with van der Waals surface area (Å²) in [5.74, 6) is -0.465. The third-order valence-corrected chi connectivity index (χ3v) is 4.03. The number of thiocarbonyl (C=S) groups is 1. The van der Waals surface area contributed by atoms with Crippen LogP contribution in [0.1, 0.15) is 46.0 Å². The van der Waals surface area contributed by atoms with Crippen LogP contribution in [-0.2, 0) is 9.53 Å². The Morgan fingerprint density at radius 2 is 1.92 bits per heavy atom. The van der Waals surface area contributed by atoms with Crippen molar-refractivity contribution in [3.05, 3.63) is 30.3 Å². The molecular formula is C19H31N3O3S. The molecule has 1 amide bonds. The average Bonchev–Trinajstić information content (AvgIpc) is 2.64. The summed E-state index contributed by atoms with van der Waals surface area (Å²) in [6.45, 7) is 4.96. The number of anilines is 1. The molecule has 7 heteroatoms. The van der Waals surface area contributed by atoms with Crippen molar-refractivity contribution >= 4 is 28.9 Å². The van der Waals surface area contributed by atoms with Gasteiger partial charge in [0.1, 0.15) is 0 Å². The summed E-state index contributed by atoms with van der Waals surface area (Å²) >= 11 is 5.18. The summed E-state index contributed by atoms with van der Waals surface area (Å²) in [4.78, 5) is 12.5. The minimum Gasteiger partial charge on any atom is -0.391 e. The quantitative estimate of drug-likeness (QED) is 0.268. The van der Waals surface area contributed by atoms with Gasteiger partial charge in [0.15, 0.2) is 5.11 Å². The molecule has 0 saturated heterocycles. The van der Waals surface area contributed by atoms with Crippen LogP contribution in [0.4, 0.5) is 5.69 Å². The number of unbranched alkanes of at least 4 members (excludes halogenated alkanes) is 1. The molecule has 0 aliphatic rings. The predicted octanol–water partition coefficient (Wildman–Crippen LogP) is 2.99. The van der Waals surface area contributed by atoms with Gasteiger partial charge in [-0.05, 0) is 43.6 Å². The fourth-order valence-electron chi connectivity index (χ4n) is 2.47. The van der Waals surface area contributed by atoms with Gasteiger partial charge in [-0.25, -0.2) is 0 Å². The average molecular weight is 382 g/mol. The molecule has 0 aliphatic heterocycles. The van der Waals surface area contributed by atoms with Crippen molar-refractivity contribution in [3.8, 4) is 0 Å². The highest BCUT2D eigenvalue weighted by molar-refractivity contribution is 7.80. The fourth-order valence-corrected chi connectivity index (χ4v) is 2.64. The largest absolute Gasteiger partial charge is 0.391 e. The monoisotopic (exact) mass is 381 g/mol. The molecule has 0 aromatic heterocycles. The van der Waals surface area contributed by atoms with Gasteiger partial charge >= 0.3 is 0 Å². The number of hydrogen-bond acceptors (Lipinski definition) is 4. The van der Waals surface area contributed by atoms with E-state index < -0.39 is 6.10 Å². The number of hydrogen-bond donors (Lipinski definition) is 4. The lowest BCUT2D eigenvalue weighted by atomic mass is 9.95. The minimum atomic E-state index is -0.649. The summed E-state index contributed by atoms with van der Waals surface area (Å²) in [5.41, 5.74) is 6.20. The molecule has 0 radical (unpaired) electrons. The first-order chi connectivity index (χ1) is 12.6. The van der Waals surface area contributed by atoms with Crippen LogP contribution in [0.3, 0.4) is 0 Å². The summed E-state index contributed by atoms with van der Waals surface area (Å²) < 4.78 is 5.37. The number of ether oxygens (including phenoxy) is 1. The molecule has 0 bridgehead atoms. The number of nitrogens with one attached hydrogen (secondary N) is 3. The van der Waals surface area contributed by atoms with Gasteiger partial charge in [-0.2, -0.15) is 0 Å². The number of carbonyl (C=O) groups excluding carboxylic acids is 1. The lowest BCUT2D eigenvalue weighted by molar-refractivity contribution is -0.127. The first-order valence-corrected chi connectivity index (χ1v) is 9.65. The van der Waals surface area contributed by atoms with Crippen LogP contribution in [-0.4, -0.2) is 35.4 Å². The Bertz CT molecular complexity index is 528. The van der Waals surface area contributed by atoms with E-state index in [-0.39, 0.29) is 18.4 Å². The summed E-state index contributed by atoms with van der Waals surface area (Å²) in [7, 11) is 0. The molecule has 1 aromatic carbocycles. The fraction of sp³-hybridized carbons (Fsp3) is 0.579. The Balaban J connectivity index is 2.44. The molecule has 0 unspecified atom stereocenters. The van der Waals surface area contributed by atoms with Crippen LogP contribution in [0.15, 0.2) is 30.3 Å². The molecule has 0 spiro atoms. The van der Waals surface area contributed by atoms with Gasteiger partial charge in [0.25, 0.3) is 0 Å². The maximum atomic E-state index is 12.5. The van der Waals surface area contributed by atoms with E-state index in [1.165, 1.54) is 0 Å². The zero-order chi connectivity index (χ0) is 19.2. The highest BCUT2D eigenvalue weighted by Gasteiger charge is 2.22. The summed E-state index contributed by atoms with van der Waals surface area (Å²) in [6.07, 6.45) is 3.26.